The first-order valence-corrected chi connectivity index (χ1v) is 7.83. The van der Waals surface area contributed by atoms with E-state index in [2.05, 4.69) is 38.5 Å². The largest absolute Gasteiger partial charge is 0.480 e. The molecule has 0 aliphatic carbocycles. The first-order chi connectivity index (χ1) is 9.43. The maximum Gasteiger partial charge on any atom is 0.326 e. The lowest BCUT2D eigenvalue weighted by Crippen LogP contribution is -2.40. The van der Waals surface area contributed by atoms with Gasteiger partial charge in [-0.05, 0) is 56.7 Å². The molecule has 0 aromatic heterocycles. The van der Waals surface area contributed by atoms with Crippen LogP contribution < -0.4 is 0 Å². The van der Waals surface area contributed by atoms with Crippen molar-refractivity contribution in [3.8, 4) is 0 Å². The number of methoxy groups -OCH3 is 1. The average molecular weight is 454 g/mol. The van der Waals surface area contributed by atoms with Crippen molar-refractivity contribution in [2.45, 2.75) is 18.6 Å². The fourth-order valence-electron chi connectivity index (χ4n) is 2.24. The topological polar surface area (TPSA) is 66.8 Å². The van der Waals surface area contributed by atoms with Crippen LogP contribution in [0.2, 0.25) is 0 Å². The molecule has 1 fully saturated rings. The van der Waals surface area contributed by atoms with Gasteiger partial charge in [0.05, 0.1) is 11.7 Å². The second kappa shape index (κ2) is 6.40. The third-order valence-corrected chi connectivity index (χ3v) is 4.66. The van der Waals surface area contributed by atoms with Crippen molar-refractivity contribution >= 4 is 50.4 Å². The zero-order valence-corrected chi connectivity index (χ0v) is 14.4. The predicted molar refractivity (Wildman–Crippen MR) is 84.7 cm³/mol. The molecule has 5 nitrogen and oxygen atoms in total. The summed E-state index contributed by atoms with van der Waals surface area (Å²) < 4.78 is 6.77. The molecule has 0 radical (unpaired) electrons. The third kappa shape index (κ3) is 3.15. The second-order valence-electron chi connectivity index (χ2n) is 4.53. The van der Waals surface area contributed by atoms with Gasteiger partial charge in [-0.3, -0.25) is 4.79 Å². The number of ether oxygens (including phenoxy) is 1. The molecule has 0 saturated carbocycles. The molecule has 2 unspecified atom stereocenters. The lowest BCUT2D eigenvalue weighted by atomic mass is 10.1. The molecule has 0 bridgehead atoms. The number of benzene rings is 1. The summed E-state index contributed by atoms with van der Waals surface area (Å²) in [5.41, 5.74) is 0.472. The van der Waals surface area contributed by atoms with Gasteiger partial charge in [0.2, 0.25) is 0 Å². The molecule has 7 heteroatoms. The Hall–Kier alpha value is -0.670. The summed E-state index contributed by atoms with van der Waals surface area (Å²) in [6.07, 6.45) is 0.0839. The van der Waals surface area contributed by atoms with Crippen molar-refractivity contribution in [1.29, 1.82) is 0 Å². The number of aliphatic carboxylic acids is 1. The van der Waals surface area contributed by atoms with Crippen LogP contribution in [0, 0.1) is 3.57 Å². The van der Waals surface area contributed by atoms with E-state index in [0.717, 1.165) is 3.57 Å². The first-order valence-electron chi connectivity index (χ1n) is 5.95. The number of carboxylic acids is 1. The Labute approximate surface area is 138 Å². The van der Waals surface area contributed by atoms with Gasteiger partial charge in [-0.2, -0.15) is 0 Å². The SMILES string of the molecule is COC1CC(C(=O)O)N(C(=O)c2cc(I)ccc2Br)C1. The van der Waals surface area contributed by atoms with Gasteiger partial charge < -0.3 is 14.7 Å². The number of nitrogens with zero attached hydrogens (tertiary/aromatic N) is 1. The first kappa shape index (κ1) is 15.7. The molecule has 0 spiro atoms. The summed E-state index contributed by atoms with van der Waals surface area (Å²) in [6, 6.07) is 4.57. The highest BCUT2D eigenvalue weighted by atomic mass is 127. The zero-order valence-electron chi connectivity index (χ0n) is 10.7. The number of hydrogen-bond donors (Lipinski definition) is 1. The highest BCUT2D eigenvalue weighted by molar-refractivity contribution is 14.1. The molecular formula is C13H13BrINO4. The van der Waals surface area contributed by atoms with E-state index < -0.39 is 12.0 Å². The maximum atomic E-state index is 12.6. The van der Waals surface area contributed by atoms with Crippen molar-refractivity contribution in [3.05, 3.63) is 31.8 Å². The van der Waals surface area contributed by atoms with Gasteiger partial charge in [0, 0.05) is 28.1 Å². The number of halogens is 2. The van der Waals surface area contributed by atoms with Gasteiger partial charge in [-0.15, -0.1) is 0 Å². The summed E-state index contributed by atoms with van der Waals surface area (Å²) in [5, 5.41) is 9.25. The van der Waals surface area contributed by atoms with Gasteiger partial charge in [-0.25, -0.2) is 4.79 Å². The Morgan fingerprint density at radius 1 is 1.50 bits per heavy atom. The fraction of sp³-hybridized carbons (Fsp3) is 0.385. The zero-order chi connectivity index (χ0) is 14.9. The lowest BCUT2D eigenvalue weighted by molar-refractivity contribution is -0.141. The van der Waals surface area contributed by atoms with Crippen LogP contribution in [0.1, 0.15) is 16.8 Å². The van der Waals surface area contributed by atoms with Crippen LogP contribution in [0.25, 0.3) is 0 Å². The van der Waals surface area contributed by atoms with Crippen LogP contribution in [-0.2, 0) is 9.53 Å². The van der Waals surface area contributed by atoms with Crippen LogP contribution in [0.5, 0.6) is 0 Å². The van der Waals surface area contributed by atoms with Gasteiger partial charge in [0.1, 0.15) is 6.04 Å². The number of amides is 1. The van der Waals surface area contributed by atoms with E-state index in [0.29, 0.717) is 23.0 Å². The minimum atomic E-state index is -1.00. The van der Waals surface area contributed by atoms with E-state index in [1.54, 1.807) is 12.1 Å². The molecule has 2 rings (SSSR count). The molecule has 1 saturated heterocycles. The van der Waals surface area contributed by atoms with Gasteiger partial charge in [-0.1, -0.05) is 0 Å². The molecule has 1 heterocycles. The van der Waals surface area contributed by atoms with Crippen molar-refractivity contribution in [3.63, 3.8) is 0 Å². The number of carbonyl (C=O) groups is 2. The minimum Gasteiger partial charge on any atom is -0.480 e. The van der Waals surface area contributed by atoms with Gasteiger partial charge in [0.25, 0.3) is 5.91 Å². The monoisotopic (exact) mass is 453 g/mol. The highest BCUT2D eigenvalue weighted by Gasteiger charge is 2.40. The number of carbonyl (C=O) groups excluding carboxylic acids is 1. The molecule has 1 aromatic carbocycles. The minimum absolute atomic E-state index is 0.235. The van der Waals surface area contributed by atoms with Crippen LogP contribution in [0.3, 0.4) is 0 Å². The van der Waals surface area contributed by atoms with Crippen molar-refractivity contribution in [1.82, 2.24) is 4.90 Å². The summed E-state index contributed by atoms with van der Waals surface area (Å²) in [6.45, 7) is 0.296. The Morgan fingerprint density at radius 3 is 2.80 bits per heavy atom. The molecule has 108 valence electrons. The summed E-state index contributed by atoms with van der Waals surface area (Å²) in [7, 11) is 1.53. The Kier molecular flexibility index (Phi) is 5.03. The third-order valence-electron chi connectivity index (χ3n) is 3.30. The number of rotatable bonds is 3. The summed E-state index contributed by atoms with van der Waals surface area (Å²) in [5.74, 6) is -1.29. The molecule has 1 N–H and O–H groups in total. The lowest BCUT2D eigenvalue weighted by Gasteiger charge is -2.22. The summed E-state index contributed by atoms with van der Waals surface area (Å²) >= 11 is 5.45. The predicted octanol–water partition coefficient (Wildman–Crippen LogP) is 2.37. The Morgan fingerprint density at radius 2 is 2.20 bits per heavy atom. The van der Waals surface area contributed by atoms with Crippen molar-refractivity contribution in [2.75, 3.05) is 13.7 Å². The molecule has 2 atom stereocenters. The average Bonchev–Trinajstić information content (AvgIpc) is 2.85. The Balaban J connectivity index is 2.31. The highest BCUT2D eigenvalue weighted by Crippen LogP contribution is 2.26. The molecule has 1 amide bonds. The molecule has 1 aromatic rings. The van der Waals surface area contributed by atoms with E-state index in [1.807, 2.05) is 6.07 Å². The molecule has 1 aliphatic heterocycles. The van der Waals surface area contributed by atoms with Gasteiger partial charge >= 0.3 is 5.97 Å². The molecule has 20 heavy (non-hydrogen) atoms. The molecule has 1 aliphatic rings. The van der Waals surface area contributed by atoms with Crippen LogP contribution in [-0.4, -0.2) is 47.7 Å². The van der Waals surface area contributed by atoms with E-state index in [4.69, 9.17) is 4.74 Å². The van der Waals surface area contributed by atoms with Gasteiger partial charge in [0.15, 0.2) is 0 Å². The van der Waals surface area contributed by atoms with Crippen molar-refractivity contribution < 1.29 is 19.4 Å². The summed E-state index contributed by atoms with van der Waals surface area (Å²) in [4.78, 5) is 25.2. The van der Waals surface area contributed by atoms with Crippen LogP contribution >= 0.6 is 38.5 Å². The quantitative estimate of drug-likeness (QED) is 0.713. The smallest absolute Gasteiger partial charge is 0.326 e. The van der Waals surface area contributed by atoms with Crippen LogP contribution in [0.4, 0.5) is 0 Å². The van der Waals surface area contributed by atoms with E-state index >= 15 is 0 Å². The number of hydrogen-bond acceptors (Lipinski definition) is 3. The van der Waals surface area contributed by atoms with Crippen molar-refractivity contribution in [2.24, 2.45) is 0 Å². The second-order valence-corrected chi connectivity index (χ2v) is 6.63. The van der Waals surface area contributed by atoms with E-state index in [9.17, 15) is 14.7 Å². The molecular weight excluding hydrogens is 441 g/mol. The maximum absolute atomic E-state index is 12.6. The van der Waals surface area contributed by atoms with Crippen LogP contribution in [0.15, 0.2) is 22.7 Å². The fourth-order valence-corrected chi connectivity index (χ4v) is 3.15. The number of likely N-dealkylation sites (tertiary alicyclic amines) is 1. The number of carboxylic acid groups (broad SMARTS) is 1. The normalized spacial score (nSPS) is 22.1. The Bertz CT molecular complexity index is 551. The standard InChI is InChI=1S/C13H13BrINO4/c1-20-8-5-11(13(18)19)16(6-8)12(17)9-4-7(15)2-3-10(9)14/h2-4,8,11H,5-6H2,1H3,(H,18,19). The van der Waals surface area contributed by atoms with E-state index in [1.165, 1.54) is 12.0 Å². The van der Waals surface area contributed by atoms with E-state index in [-0.39, 0.29) is 12.0 Å².